The van der Waals surface area contributed by atoms with E-state index >= 15 is 0 Å². The second-order valence-electron chi connectivity index (χ2n) is 7.34. The number of ketones is 1. The average molecular weight is 298 g/mol. The lowest BCUT2D eigenvalue weighted by Crippen LogP contribution is -2.53. The van der Waals surface area contributed by atoms with Crippen molar-refractivity contribution in [3.8, 4) is 6.07 Å². The number of aryl methyl sites for hydroxylation is 1. The predicted octanol–water partition coefficient (Wildman–Crippen LogP) is 1.95. The van der Waals surface area contributed by atoms with E-state index in [1.165, 1.54) is 6.20 Å². The minimum Gasteiger partial charge on any atom is -0.404 e. The van der Waals surface area contributed by atoms with Crippen LogP contribution in [-0.4, -0.2) is 15.6 Å². The summed E-state index contributed by atoms with van der Waals surface area (Å²) in [7, 11) is 1.81. The molecular weight excluding hydrogens is 276 g/mol. The van der Waals surface area contributed by atoms with Crippen LogP contribution >= 0.6 is 0 Å². The molecule has 0 radical (unpaired) electrons. The van der Waals surface area contributed by atoms with Gasteiger partial charge in [-0.3, -0.25) is 9.48 Å². The van der Waals surface area contributed by atoms with E-state index < -0.39 is 5.41 Å². The maximum Gasteiger partial charge on any atom is 0.166 e. The van der Waals surface area contributed by atoms with E-state index in [4.69, 9.17) is 5.73 Å². The maximum atomic E-state index is 12.7. The highest BCUT2D eigenvalue weighted by atomic mass is 16.1. The number of hydrogen-bond acceptors (Lipinski definition) is 4. The first-order chi connectivity index (χ1) is 10.3. The largest absolute Gasteiger partial charge is 0.404 e. The molecule has 3 rings (SSSR count). The van der Waals surface area contributed by atoms with Crippen LogP contribution in [0, 0.1) is 22.7 Å². The Morgan fingerprint density at radius 3 is 2.73 bits per heavy atom. The van der Waals surface area contributed by atoms with Gasteiger partial charge in [0.1, 0.15) is 11.8 Å². The van der Waals surface area contributed by atoms with Gasteiger partial charge in [0.15, 0.2) is 5.78 Å². The minimum absolute atomic E-state index is 0.150. The summed E-state index contributed by atoms with van der Waals surface area (Å²) in [5.74, 6) is 0.363. The molecule has 0 bridgehead atoms. The van der Waals surface area contributed by atoms with Crippen LogP contribution in [0.4, 0.5) is 0 Å². The molecule has 0 amide bonds. The third-order valence-corrected chi connectivity index (χ3v) is 5.75. The van der Waals surface area contributed by atoms with Gasteiger partial charge in [0.2, 0.25) is 0 Å². The zero-order valence-electron chi connectivity index (χ0n) is 13.6. The number of carbonyl (C=O) groups excluding carboxylic acids is 1. The number of rotatable bonds is 0. The van der Waals surface area contributed by atoms with Crippen LogP contribution in [0.2, 0.25) is 0 Å². The van der Waals surface area contributed by atoms with Crippen LogP contribution in [0.3, 0.4) is 0 Å². The number of fused-ring (bicyclic) bond motifs is 3. The predicted molar refractivity (Wildman–Crippen MR) is 82.8 cm³/mol. The Hall–Kier alpha value is -2.09. The molecule has 1 aromatic heterocycles. The molecule has 0 aliphatic heterocycles. The van der Waals surface area contributed by atoms with Crippen LogP contribution < -0.4 is 5.73 Å². The molecule has 0 spiro atoms. The highest BCUT2D eigenvalue weighted by Gasteiger charge is 2.56. The standard InChI is InChI=1S/C17H22N4O/c1-16(2)13-6-5-11-12(9-19)21(4)20-14(11)17(13,3)7-10(8-18)15(16)22/h8,13H,5-7,18H2,1-4H3/t13-,17-/m0/s1. The van der Waals surface area contributed by atoms with Gasteiger partial charge in [-0.05, 0) is 25.2 Å². The first kappa shape index (κ1) is 14.8. The van der Waals surface area contributed by atoms with Crippen molar-refractivity contribution in [1.29, 1.82) is 5.26 Å². The Morgan fingerprint density at radius 1 is 1.45 bits per heavy atom. The van der Waals surface area contributed by atoms with E-state index in [0.29, 0.717) is 17.7 Å². The van der Waals surface area contributed by atoms with Crippen LogP contribution in [-0.2, 0) is 23.7 Å². The van der Waals surface area contributed by atoms with E-state index in [1.54, 1.807) is 4.68 Å². The Kier molecular flexibility index (Phi) is 3.00. The van der Waals surface area contributed by atoms with E-state index in [-0.39, 0.29) is 17.1 Å². The van der Waals surface area contributed by atoms with Crippen molar-refractivity contribution >= 4 is 5.78 Å². The van der Waals surface area contributed by atoms with Crippen molar-refractivity contribution in [2.45, 2.75) is 45.4 Å². The maximum absolute atomic E-state index is 12.7. The van der Waals surface area contributed by atoms with Gasteiger partial charge in [0, 0.05) is 35.2 Å². The molecule has 2 aliphatic carbocycles. The quantitative estimate of drug-likeness (QED) is 0.742. The summed E-state index contributed by atoms with van der Waals surface area (Å²) >= 11 is 0. The summed E-state index contributed by atoms with van der Waals surface area (Å²) in [4.78, 5) is 12.7. The molecule has 5 heteroatoms. The molecule has 0 saturated heterocycles. The number of carbonyl (C=O) groups is 1. The van der Waals surface area contributed by atoms with Crippen molar-refractivity contribution in [3.05, 3.63) is 28.7 Å². The molecule has 2 atom stereocenters. The van der Waals surface area contributed by atoms with Gasteiger partial charge in [-0.2, -0.15) is 10.4 Å². The van der Waals surface area contributed by atoms with E-state index in [1.807, 2.05) is 20.9 Å². The fraction of sp³-hybridized carbons (Fsp3) is 0.588. The Bertz CT molecular complexity index is 735. The molecule has 0 unspecified atom stereocenters. The van der Waals surface area contributed by atoms with Gasteiger partial charge in [-0.25, -0.2) is 0 Å². The molecule has 2 aliphatic rings. The number of nitrogens with zero attached hydrogens (tertiary/aromatic N) is 3. The lowest BCUT2D eigenvalue weighted by Gasteiger charge is -2.52. The molecule has 1 aromatic rings. The molecule has 2 N–H and O–H groups in total. The summed E-state index contributed by atoms with van der Waals surface area (Å²) in [6, 6.07) is 2.27. The van der Waals surface area contributed by atoms with Crippen molar-refractivity contribution < 1.29 is 4.79 Å². The Labute approximate surface area is 130 Å². The van der Waals surface area contributed by atoms with Crippen molar-refractivity contribution in [1.82, 2.24) is 9.78 Å². The van der Waals surface area contributed by atoms with E-state index in [0.717, 1.165) is 24.1 Å². The average Bonchev–Trinajstić information content (AvgIpc) is 2.80. The van der Waals surface area contributed by atoms with Gasteiger partial charge in [0.25, 0.3) is 0 Å². The molecule has 1 heterocycles. The van der Waals surface area contributed by atoms with Crippen LogP contribution in [0.15, 0.2) is 11.8 Å². The fourth-order valence-corrected chi connectivity index (χ4v) is 4.72. The van der Waals surface area contributed by atoms with Crippen molar-refractivity contribution in [3.63, 3.8) is 0 Å². The van der Waals surface area contributed by atoms with Gasteiger partial charge in [-0.1, -0.05) is 20.8 Å². The van der Waals surface area contributed by atoms with Crippen LogP contribution in [0.1, 0.15) is 50.6 Å². The zero-order chi connectivity index (χ0) is 16.3. The smallest absolute Gasteiger partial charge is 0.166 e. The first-order valence-electron chi connectivity index (χ1n) is 7.69. The van der Waals surface area contributed by atoms with E-state index in [2.05, 4.69) is 18.1 Å². The fourth-order valence-electron chi connectivity index (χ4n) is 4.72. The number of Topliss-reactive ketones (excluding diaryl/α,β-unsaturated/α-hetero) is 1. The van der Waals surface area contributed by atoms with Crippen LogP contribution in [0.25, 0.3) is 0 Å². The third-order valence-electron chi connectivity index (χ3n) is 5.75. The minimum atomic E-state index is -0.458. The molecule has 116 valence electrons. The number of allylic oxidation sites excluding steroid dienone is 1. The van der Waals surface area contributed by atoms with Gasteiger partial charge in [0.05, 0.1) is 5.69 Å². The normalized spacial score (nSPS) is 31.5. The summed E-state index contributed by atoms with van der Waals surface area (Å²) in [6.07, 6.45) is 3.77. The number of aromatic nitrogens is 2. The van der Waals surface area contributed by atoms with Gasteiger partial charge in [-0.15, -0.1) is 0 Å². The second-order valence-corrected chi connectivity index (χ2v) is 7.34. The topological polar surface area (TPSA) is 84.7 Å². The summed E-state index contributed by atoms with van der Waals surface area (Å²) in [5.41, 5.74) is 8.35. The molecule has 0 aromatic carbocycles. The number of nitrogens with two attached hydrogens (primary N) is 1. The molecule has 1 fully saturated rings. The number of nitriles is 1. The van der Waals surface area contributed by atoms with Crippen LogP contribution in [0.5, 0.6) is 0 Å². The van der Waals surface area contributed by atoms with Crippen molar-refractivity contribution in [2.24, 2.45) is 24.1 Å². The molecule has 5 nitrogen and oxygen atoms in total. The Morgan fingerprint density at radius 2 is 2.14 bits per heavy atom. The first-order valence-corrected chi connectivity index (χ1v) is 7.69. The monoisotopic (exact) mass is 298 g/mol. The molecule has 1 saturated carbocycles. The highest BCUT2D eigenvalue weighted by molar-refractivity contribution is 6.01. The lowest BCUT2D eigenvalue weighted by molar-refractivity contribution is -0.131. The summed E-state index contributed by atoms with van der Waals surface area (Å²) in [5, 5.41) is 14.0. The number of hydrogen-bond donors (Lipinski definition) is 1. The molecular formula is C17H22N4O. The SMILES string of the molecule is Cn1nc2c(c1C#N)CC[C@H]1C(C)(C)C(=O)C(=CN)C[C@]21C. The lowest BCUT2D eigenvalue weighted by atomic mass is 9.50. The van der Waals surface area contributed by atoms with E-state index in [9.17, 15) is 10.1 Å². The summed E-state index contributed by atoms with van der Waals surface area (Å²) < 4.78 is 1.67. The third kappa shape index (κ3) is 1.64. The van der Waals surface area contributed by atoms with Gasteiger partial charge >= 0.3 is 0 Å². The van der Waals surface area contributed by atoms with Crippen molar-refractivity contribution in [2.75, 3.05) is 0 Å². The molecule has 22 heavy (non-hydrogen) atoms. The Balaban J connectivity index is 2.23. The van der Waals surface area contributed by atoms with Gasteiger partial charge < -0.3 is 5.73 Å². The highest BCUT2D eigenvalue weighted by Crippen LogP contribution is 2.56. The summed E-state index contributed by atoms with van der Waals surface area (Å²) in [6.45, 7) is 6.20. The second kappa shape index (κ2) is 4.45. The zero-order valence-corrected chi connectivity index (χ0v) is 13.6.